The smallest absolute Gasteiger partial charge is 0.0538 e. The number of hydrazone groups is 1. The van der Waals surface area contributed by atoms with Gasteiger partial charge in [0.15, 0.2) is 0 Å². The molecule has 0 amide bonds. The third kappa shape index (κ3) is 3.86. The van der Waals surface area contributed by atoms with Crippen molar-refractivity contribution < 1.29 is 0 Å². The largest absolute Gasteiger partial charge is 0.323 e. The first-order valence-electron chi connectivity index (χ1n) is 6.43. The molecule has 0 radical (unpaired) electrons. The van der Waals surface area contributed by atoms with Crippen molar-refractivity contribution in [3.05, 3.63) is 35.4 Å². The van der Waals surface area contributed by atoms with Gasteiger partial charge in [-0.1, -0.05) is 31.0 Å². The van der Waals surface area contributed by atoms with Crippen LogP contribution in [-0.2, 0) is 6.54 Å². The molecule has 1 fully saturated rings. The van der Waals surface area contributed by atoms with Crippen LogP contribution < -0.4 is 5.84 Å². The highest BCUT2D eigenvalue weighted by atomic mass is 15.1. The fourth-order valence-electron chi connectivity index (χ4n) is 2.41. The lowest BCUT2D eigenvalue weighted by Gasteiger charge is -2.19. The Morgan fingerprint density at radius 1 is 1.18 bits per heavy atom. The Balaban J connectivity index is 1.99. The van der Waals surface area contributed by atoms with E-state index in [1.807, 2.05) is 6.07 Å². The molecule has 2 N–H and O–H groups in total. The average Bonchev–Trinajstić information content (AvgIpc) is 2.59. The van der Waals surface area contributed by atoms with Gasteiger partial charge in [-0.25, -0.2) is 0 Å². The summed E-state index contributed by atoms with van der Waals surface area (Å²) in [6.45, 7) is 3.51. The lowest BCUT2D eigenvalue weighted by Crippen LogP contribution is -2.23. The van der Waals surface area contributed by atoms with Crippen molar-refractivity contribution in [2.24, 2.45) is 10.9 Å². The number of rotatable bonds is 3. The van der Waals surface area contributed by atoms with Gasteiger partial charge in [0.1, 0.15) is 0 Å². The summed E-state index contributed by atoms with van der Waals surface area (Å²) in [4.78, 5) is 2.55. The quantitative estimate of drug-likeness (QED) is 0.493. The second kappa shape index (κ2) is 6.40. The Hall–Kier alpha value is -1.35. The van der Waals surface area contributed by atoms with Crippen LogP contribution in [0.2, 0.25) is 0 Å². The van der Waals surface area contributed by atoms with Gasteiger partial charge < -0.3 is 5.84 Å². The molecule has 0 saturated carbocycles. The molecule has 0 aliphatic carbocycles. The maximum atomic E-state index is 5.17. The Bertz CT molecular complexity index is 365. The fraction of sp³-hybridized carbons (Fsp3) is 0.500. The van der Waals surface area contributed by atoms with E-state index in [4.69, 9.17) is 5.84 Å². The molecular formula is C14H21N3. The van der Waals surface area contributed by atoms with Crippen LogP contribution in [0.5, 0.6) is 0 Å². The van der Waals surface area contributed by atoms with Crippen LogP contribution >= 0.6 is 0 Å². The summed E-state index contributed by atoms with van der Waals surface area (Å²) in [5, 5.41) is 3.57. The lowest BCUT2D eigenvalue weighted by atomic mass is 10.1. The predicted molar refractivity (Wildman–Crippen MR) is 72.0 cm³/mol. The van der Waals surface area contributed by atoms with Crippen LogP contribution in [0.1, 0.15) is 36.8 Å². The molecule has 0 atom stereocenters. The second-order valence-electron chi connectivity index (χ2n) is 4.71. The maximum Gasteiger partial charge on any atom is 0.0538 e. The van der Waals surface area contributed by atoms with E-state index in [1.165, 1.54) is 44.3 Å². The van der Waals surface area contributed by atoms with Gasteiger partial charge in [-0.2, -0.15) is 5.10 Å². The van der Waals surface area contributed by atoms with Crippen molar-refractivity contribution in [3.8, 4) is 0 Å². The van der Waals surface area contributed by atoms with Crippen LogP contribution in [0, 0.1) is 0 Å². The molecule has 1 aliphatic heterocycles. The maximum absolute atomic E-state index is 5.17. The van der Waals surface area contributed by atoms with Gasteiger partial charge in [0.2, 0.25) is 0 Å². The molecule has 1 aliphatic rings. The molecule has 1 aromatic carbocycles. The number of benzene rings is 1. The Kier molecular flexibility index (Phi) is 4.56. The van der Waals surface area contributed by atoms with E-state index in [9.17, 15) is 0 Å². The Morgan fingerprint density at radius 2 is 1.94 bits per heavy atom. The van der Waals surface area contributed by atoms with Crippen LogP contribution in [-0.4, -0.2) is 24.2 Å². The zero-order chi connectivity index (χ0) is 11.9. The van der Waals surface area contributed by atoms with Crippen molar-refractivity contribution >= 4 is 6.21 Å². The number of likely N-dealkylation sites (tertiary alicyclic amines) is 1. The van der Waals surface area contributed by atoms with Crippen LogP contribution in [0.15, 0.2) is 29.4 Å². The van der Waals surface area contributed by atoms with Gasteiger partial charge in [-0.05, 0) is 43.1 Å². The minimum atomic E-state index is 1.05. The van der Waals surface area contributed by atoms with E-state index >= 15 is 0 Å². The molecule has 17 heavy (non-hydrogen) atoms. The molecule has 3 nitrogen and oxygen atoms in total. The van der Waals surface area contributed by atoms with Crippen molar-refractivity contribution in [2.75, 3.05) is 13.1 Å². The predicted octanol–water partition coefficient (Wildman–Crippen LogP) is 2.36. The van der Waals surface area contributed by atoms with Crippen LogP contribution in [0.25, 0.3) is 0 Å². The van der Waals surface area contributed by atoms with Crippen molar-refractivity contribution in [1.82, 2.24) is 4.90 Å². The van der Waals surface area contributed by atoms with E-state index in [0.717, 1.165) is 12.1 Å². The van der Waals surface area contributed by atoms with Crippen molar-refractivity contribution in [3.63, 3.8) is 0 Å². The summed E-state index contributed by atoms with van der Waals surface area (Å²) >= 11 is 0. The number of hydrogen-bond acceptors (Lipinski definition) is 3. The van der Waals surface area contributed by atoms with E-state index in [1.54, 1.807) is 6.21 Å². The highest BCUT2D eigenvalue weighted by Gasteiger charge is 2.09. The van der Waals surface area contributed by atoms with Crippen LogP contribution in [0.3, 0.4) is 0 Å². The molecule has 0 bridgehead atoms. The molecule has 2 rings (SSSR count). The van der Waals surface area contributed by atoms with Crippen molar-refractivity contribution in [2.45, 2.75) is 32.2 Å². The first kappa shape index (κ1) is 12.1. The number of hydrogen-bond donors (Lipinski definition) is 1. The minimum Gasteiger partial charge on any atom is -0.323 e. The fourth-order valence-corrected chi connectivity index (χ4v) is 2.41. The van der Waals surface area contributed by atoms with E-state index in [2.05, 4.69) is 28.2 Å². The van der Waals surface area contributed by atoms with E-state index < -0.39 is 0 Å². The van der Waals surface area contributed by atoms with Gasteiger partial charge in [-0.3, -0.25) is 4.90 Å². The third-order valence-corrected chi connectivity index (χ3v) is 3.28. The van der Waals surface area contributed by atoms with Gasteiger partial charge in [0.05, 0.1) is 6.21 Å². The SMILES string of the molecule is NN=Cc1cccc(CN2CCCCCC2)c1. The summed E-state index contributed by atoms with van der Waals surface area (Å²) < 4.78 is 0. The molecular weight excluding hydrogens is 210 g/mol. The molecule has 1 saturated heterocycles. The number of nitrogens with two attached hydrogens (primary N) is 1. The summed E-state index contributed by atoms with van der Waals surface area (Å²) in [5.41, 5.74) is 2.43. The van der Waals surface area contributed by atoms with Gasteiger partial charge in [-0.15, -0.1) is 0 Å². The Labute approximate surface area is 103 Å². The normalized spacial score (nSPS) is 18.4. The topological polar surface area (TPSA) is 41.6 Å². The second-order valence-corrected chi connectivity index (χ2v) is 4.71. The first-order valence-corrected chi connectivity index (χ1v) is 6.43. The summed E-state index contributed by atoms with van der Waals surface area (Å²) in [7, 11) is 0. The highest BCUT2D eigenvalue weighted by Crippen LogP contribution is 2.13. The van der Waals surface area contributed by atoms with Gasteiger partial charge in [0.25, 0.3) is 0 Å². The van der Waals surface area contributed by atoms with Gasteiger partial charge >= 0.3 is 0 Å². The van der Waals surface area contributed by atoms with Crippen molar-refractivity contribution in [1.29, 1.82) is 0 Å². The standard InChI is InChI=1S/C14H21N3/c15-16-11-13-6-5-7-14(10-13)12-17-8-3-1-2-4-9-17/h5-7,10-11H,1-4,8-9,12,15H2. The molecule has 92 valence electrons. The monoisotopic (exact) mass is 231 g/mol. The zero-order valence-electron chi connectivity index (χ0n) is 10.3. The molecule has 1 aromatic rings. The molecule has 3 heteroatoms. The molecule has 0 unspecified atom stereocenters. The van der Waals surface area contributed by atoms with Crippen LogP contribution in [0.4, 0.5) is 0 Å². The summed E-state index contributed by atoms with van der Waals surface area (Å²) in [6, 6.07) is 8.45. The summed E-state index contributed by atoms with van der Waals surface area (Å²) in [5.74, 6) is 5.17. The third-order valence-electron chi connectivity index (χ3n) is 3.28. The molecule has 1 heterocycles. The zero-order valence-corrected chi connectivity index (χ0v) is 10.3. The lowest BCUT2D eigenvalue weighted by molar-refractivity contribution is 0.277. The summed E-state index contributed by atoms with van der Waals surface area (Å²) in [6.07, 6.45) is 7.15. The highest BCUT2D eigenvalue weighted by molar-refractivity contribution is 5.79. The first-order chi connectivity index (χ1) is 8.38. The van der Waals surface area contributed by atoms with Gasteiger partial charge in [0, 0.05) is 6.54 Å². The number of nitrogens with zero attached hydrogens (tertiary/aromatic N) is 2. The average molecular weight is 231 g/mol. The minimum absolute atomic E-state index is 1.05. The Morgan fingerprint density at radius 3 is 2.65 bits per heavy atom. The van der Waals surface area contributed by atoms with E-state index in [0.29, 0.717) is 0 Å². The molecule has 0 spiro atoms. The van der Waals surface area contributed by atoms with E-state index in [-0.39, 0.29) is 0 Å². The molecule has 0 aromatic heterocycles.